The third kappa shape index (κ3) is 2.73. The van der Waals surface area contributed by atoms with Gasteiger partial charge in [0.15, 0.2) is 5.82 Å². The molecule has 0 spiro atoms. The van der Waals surface area contributed by atoms with E-state index < -0.39 is 5.97 Å². The molecule has 3 rings (SSSR count). The fourth-order valence-corrected chi connectivity index (χ4v) is 2.84. The molecule has 2 aromatic carbocycles. The van der Waals surface area contributed by atoms with Gasteiger partial charge in [-0.05, 0) is 31.9 Å². The van der Waals surface area contributed by atoms with Gasteiger partial charge in [-0.3, -0.25) is 0 Å². The number of carbonyl (C=O) groups is 1. The van der Waals surface area contributed by atoms with Gasteiger partial charge in [-0.15, -0.1) is 5.10 Å². The maximum absolute atomic E-state index is 11.3. The highest BCUT2D eigenvalue weighted by molar-refractivity contribution is 5.84. The first-order valence-electron chi connectivity index (χ1n) is 7.31. The molecule has 1 aromatic heterocycles. The maximum Gasteiger partial charge on any atom is 0.375 e. The SMILES string of the molecule is Cc1cc(C)c(-n2nc(C(=O)O)nc2-c2ccccc2)c(C)c1. The number of hydrogen-bond acceptors (Lipinski definition) is 3. The Morgan fingerprint density at radius 1 is 1.04 bits per heavy atom. The van der Waals surface area contributed by atoms with E-state index in [2.05, 4.69) is 22.2 Å². The van der Waals surface area contributed by atoms with E-state index >= 15 is 0 Å². The Kier molecular flexibility index (Phi) is 3.70. The molecule has 0 amide bonds. The lowest BCUT2D eigenvalue weighted by Gasteiger charge is -2.13. The molecule has 0 unspecified atom stereocenters. The molecule has 5 nitrogen and oxygen atoms in total. The normalized spacial score (nSPS) is 10.7. The van der Waals surface area contributed by atoms with Crippen molar-refractivity contribution in [2.75, 3.05) is 0 Å². The van der Waals surface area contributed by atoms with Crippen molar-refractivity contribution in [2.45, 2.75) is 20.8 Å². The summed E-state index contributed by atoms with van der Waals surface area (Å²) in [5.41, 5.74) is 4.91. The average molecular weight is 307 g/mol. The fourth-order valence-electron chi connectivity index (χ4n) is 2.84. The summed E-state index contributed by atoms with van der Waals surface area (Å²) in [5, 5.41) is 13.5. The number of aromatic nitrogens is 3. The molecule has 1 heterocycles. The highest BCUT2D eigenvalue weighted by Gasteiger charge is 2.20. The molecule has 5 heteroatoms. The molecular weight excluding hydrogens is 290 g/mol. The van der Waals surface area contributed by atoms with Gasteiger partial charge >= 0.3 is 5.97 Å². The molecule has 0 aliphatic heterocycles. The number of benzene rings is 2. The zero-order chi connectivity index (χ0) is 16.6. The summed E-state index contributed by atoms with van der Waals surface area (Å²) in [6.07, 6.45) is 0. The summed E-state index contributed by atoms with van der Waals surface area (Å²) in [6.45, 7) is 6.02. The van der Waals surface area contributed by atoms with Crippen LogP contribution in [0.1, 0.15) is 27.3 Å². The molecule has 0 aliphatic carbocycles. The fraction of sp³-hybridized carbons (Fsp3) is 0.167. The Balaban J connectivity index is 2.29. The van der Waals surface area contributed by atoms with Crippen LogP contribution in [-0.2, 0) is 0 Å². The molecule has 0 radical (unpaired) electrons. The summed E-state index contributed by atoms with van der Waals surface area (Å²) in [7, 11) is 0. The van der Waals surface area contributed by atoms with Gasteiger partial charge in [0.25, 0.3) is 5.82 Å². The van der Waals surface area contributed by atoms with Gasteiger partial charge in [0.1, 0.15) is 0 Å². The first kappa shape index (κ1) is 15.0. The van der Waals surface area contributed by atoms with E-state index in [1.165, 1.54) is 0 Å². The molecule has 23 heavy (non-hydrogen) atoms. The number of nitrogens with zero attached hydrogens (tertiary/aromatic N) is 3. The van der Waals surface area contributed by atoms with Crippen molar-refractivity contribution in [1.82, 2.24) is 14.8 Å². The van der Waals surface area contributed by atoms with Crippen LogP contribution < -0.4 is 0 Å². The van der Waals surface area contributed by atoms with Gasteiger partial charge in [0, 0.05) is 5.56 Å². The van der Waals surface area contributed by atoms with Crippen LogP contribution in [0.3, 0.4) is 0 Å². The smallest absolute Gasteiger partial charge is 0.375 e. The topological polar surface area (TPSA) is 68.0 Å². The molecule has 3 aromatic rings. The Morgan fingerprint density at radius 3 is 2.22 bits per heavy atom. The maximum atomic E-state index is 11.3. The van der Waals surface area contributed by atoms with E-state index in [1.54, 1.807) is 4.68 Å². The molecule has 1 N–H and O–H groups in total. The van der Waals surface area contributed by atoms with E-state index in [4.69, 9.17) is 0 Å². The van der Waals surface area contributed by atoms with Gasteiger partial charge in [0.2, 0.25) is 0 Å². The van der Waals surface area contributed by atoms with Crippen LogP contribution in [0.5, 0.6) is 0 Å². The van der Waals surface area contributed by atoms with Crippen LogP contribution >= 0.6 is 0 Å². The second-order valence-electron chi connectivity index (χ2n) is 5.59. The monoisotopic (exact) mass is 307 g/mol. The van der Waals surface area contributed by atoms with Crippen LogP contribution in [-0.4, -0.2) is 25.8 Å². The van der Waals surface area contributed by atoms with Crippen molar-refractivity contribution in [2.24, 2.45) is 0 Å². The van der Waals surface area contributed by atoms with Crippen molar-refractivity contribution >= 4 is 5.97 Å². The Bertz CT molecular complexity index is 860. The van der Waals surface area contributed by atoms with Crippen molar-refractivity contribution in [3.8, 4) is 17.1 Å². The predicted molar refractivity (Wildman–Crippen MR) is 88.0 cm³/mol. The quantitative estimate of drug-likeness (QED) is 0.803. The van der Waals surface area contributed by atoms with E-state index in [9.17, 15) is 9.90 Å². The van der Waals surface area contributed by atoms with E-state index in [0.29, 0.717) is 5.82 Å². The van der Waals surface area contributed by atoms with Gasteiger partial charge in [0.05, 0.1) is 5.69 Å². The average Bonchev–Trinajstić information content (AvgIpc) is 2.92. The Labute approximate surface area is 134 Å². The lowest BCUT2D eigenvalue weighted by molar-refractivity contribution is 0.0683. The standard InChI is InChI=1S/C18H17N3O2/c1-11-9-12(2)15(13(3)10-11)21-17(14-7-5-4-6-8-14)19-16(20-21)18(22)23/h4-10H,1-3H3,(H,22,23). The minimum Gasteiger partial charge on any atom is -0.475 e. The third-order valence-corrected chi connectivity index (χ3v) is 3.68. The molecule has 0 bridgehead atoms. The van der Waals surface area contributed by atoms with Crippen molar-refractivity contribution in [3.05, 3.63) is 65.0 Å². The lowest BCUT2D eigenvalue weighted by Crippen LogP contribution is -2.06. The Hall–Kier alpha value is -2.95. The molecule has 0 fully saturated rings. The number of aromatic carboxylic acids is 1. The number of rotatable bonds is 3. The first-order chi connectivity index (χ1) is 11.0. The number of carboxylic acid groups (broad SMARTS) is 1. The molecular formula is C18H17N3O2. The summed E-state index contributed by atoms with van der Waals surface area (Å²) in [6, 6.07) is 13.6. The van der Waals surface area contributed by atoms with Crippen molar-refractivity contribution in [1.29, 1.82) is 0 Å². The van der Waals surface area contributed by atoms with Crippen LogP contribution in [0.2, 0.25) is 0 Å². The predicted octanol–water partition coefficient (Wildman–Crippen LogP) is 3.56. The number of hydrogen-bond donors (Lipinski definition) is 1. The highest BCUT2D eigenvalue weighted by Crippen LogP contribution is 2.26. The third-order valence-electron chi connectivity index (χ3n) is 3.68. The van der Waals surface area contributed by atoms with Gasteiger partial charge < -0.3 is 5.11 Å². The highest BCUT2D eigenvalue weighted by atomic mass is 16.4. The lowest BCUT2D eigenvalue weighted by atomic mass is 10.0. The van der Waals surface area contributed by atoms with E-state index in [-0.39, 0.29) is 5.82 Å². The largest absolute Gasteiger partial charge is 0.475 e. The van der Waals surface area contributed by atoms with Gasteiger partial charge in [-0.25, -0.2) is 14.5 Å². The molecule has 0 saturated carbocycles. The summed E-state index contributed by atoms with van der Waals surface area (Å²) in [5.74, 6) is -0.815. The van der Waals surface area contributed by atoms with Crippen LogP contribution in [0.15, 0.2) is 42.5 Å². The van der Waals surface area contributed by atoms with Crippen LogP contribution in [0.25, 0.3) is 17.1 Å². The second kappa shape index (κ2) is 5.68. The zero-order valence-corrected chi connectivity index (χ0v) is 13.2. The zero-order valence-electron chi connectivity index (χ0n) is 13.2. The molecule has 0 atom stereocenters. The molecule has 0 saturated heterocycles. The van der Waals surface area contributed by atoms with Crippen LogP contribution in [0, 0.1) is 20.8 Å². The molecule has 0 aliphatic rings. The number of carboxylic acids is 1. The second-order valence-corrected chi connectivity index (χ2v) is 5.59. The molecule has 116 valence electrons. The van der Waals surface area contributed by atoms with Crippen LogP contribution in [0.4, 0.5) is 0 Å². The van der Waals surface area contributed by atoms with Gasteiger partial charge in [-0.2, -0.15) is 0 Å². The summed E-state index contributed by atoms with van der Waals surface area (Å²) in [4.78, 5) is 15.5. The number of aryl methyl sites for hydroxylation is 3. The minimum absolute atomic E-state index is 0.205. The van der Waals surface area contributed by atoms with Gasteiger partial charge in [-0.1, -0.05) is 48.0 Å². The summed E-state index contributed by atoms with van der Waals surface area (Å²) >= 11 is 0. The minimum atomic E-state index is -1.14. The summed E-state index contributed by atoms with van der Waals surface area (Å²) < 4.78 is 1.63. The van der Waals surface area contributed by atoms with Crippen molar-refractivity contribution in [3.63, 3.8) is 0 Å². The Morgan fingerprint density at radius 2 is 1.65 bits per heavy atom. The van der Waals surface area contributed by atoms with E-state index in [1.807, 2.05) is 51.1 Å². The van der Waals surface area contributed by atoms with E-state index in [0.717, 1.165) is 27.9 Å². The van der Waals surface area contributed by atoms with Crippen molar-refractivity contribution < 1.29 is 9.90 Å². The first-order valence-corrected chi connectivity index (χ1v) is 7.31.